The molecule has 0 bridgehead atoms. The summed E-state index contributed by atoms with van der Waals surface area (Å²) in [5, 5.41) is 0. The van der Waals surface area contributed by atoms with Crippen LogP contribution >= 0.6 is 0 Å². The van der Waals surface area contributed by atoms with E-state index in [1.807, 2.05) is 0 Å². The molecule has 0 aromatic rings. The zero-order valence-electron chi connectivity index (χ0n) is 10.9. The molecule has 1 aliphatic carbocycles. The second kappa shape index (κ2) is 7.02. The van der Waals surface area contributed by atoms with E-state index in [0.717, 1.165) is 6.42 Å². The summed E-state index contributed by atoms with van der Waals surface area (Å²) < 4.78 is 0. The first-order valence-corrected chi connectivity index (χ1v) is 5.65. The van der Waals surface area contributed by atoms with Crippen molar-refractivity contribution in [2.75, 3.05) is 0 Å². The molecule has 0 atom stereocenters. The van der Waals surface area contributed by atoms with Gasteiger partial charge in [0, 0.05) is 0 Å². The molecule has 0 heterocycles. The molecule has 89 valence electrons. The van der Waals surface area contributed by atoms with Gasteiger partial charge in [0.1, 0.15) is 0 Å². The third-order valence-electron chi connectivity index (χ3n) is 2.40. The van der Waals surface area contributed by atoms with Crippen molar-refractivity contribution in [3.63, 3.8) is 0 Å². The van der Waals surface area contributed by atoms with Gasteiger partial charge in [-0.25, -0.2) is 5.57 Å². The molecule has 0 N–H and O–H groups in total. The van der Waals surface area contributed by atoms with Crippen LogP contribution in [0, 0.1) is 12.0 Å². The second-order valence-electron chi connectivity index (χ2n) is 4.72. The molecule has 0 nitrogen and oxygen atoms in total. The van der Waals surface area contributed by atoms with Crippen LogP contribution in [0.3, 0.4) is 0 Å². The minimum Gasteiger partial charge on any atom is -0.269 e. The molecule has 0 fully saturated rings. The molecule has 0 aromatic heterocycles. The van der Waals surface area contributed by atoms with Crippen LogP contribution in [0.4, 0.5) is 0 Å². The first-order valence-electron chi connectivity index (χ1n) is 5.65. The Bertz CT molecular complexity index is 348. The predicted octanol–water partition coefficient (Wildman–Crippen LogP) is 4.61. The first kappa shape index (κ1) is 15.6. The summed E-state index contributed by atoms with van der Waals surface area (Å²) in [7, 11) is 0. The number of hydrogen-bond acceptors (Lipinski definition) is 0. The van der Waals surface area contributed by atoms with Gasteiger partial charge in [-0.15, -0.1) is 12.5 Å². The van der Waals surface area contributed by atoms with Crippen LogP contribution in [-0.2, 0) is 19.5 Å². The minimum absolute atomic E-state index is 0. The van der Waals surface area contributed by atoms with E-state index in [4.69, 9.17) is 0 Å². The van der Waals surface area contributed by atoms with Gasteiger partial charge in [-0.1, -0.05) is 37.0 Å². The van der Waals surface area contributed by atoms with E-state index in [1.165, 1.54) is 22.3 Å². The van der Waals surface area contributed by atoms with Gasteiger partial charge in [0.05, 0.1) is 0 Å². The van der Waals surface area contributed by atoms with Crippen molar-refractivity contribution in [3.05, 3.63) is 46.6 Å². The average molecular weight is 302 g/mol. The largest absolute Gasteiger partial charge is 1.00 e. The van der Waals surface area contributed by atoms with Crippen LogP contribution in [0.1, 0.15) is 41.0 Å². The zero-order chi connectivity index (χ0) is 11.4. The monoisotopic (exact) mass is 303 g/mol. The van der Waals surface area contributed by atoms with Gasteiger partial charge >= 0.3 is 19.5 Å². The fourth-order valence-corrected chi connectivity index (χ4v) is 1.90. The van der Waals surface area contributed by atoms with E-state index < -0.39 is 0 Å². The smallest absolute Gasteiger partial charge is 0.269 e. The average Bonchev–Trinajstić information content (AvgIpc) is 2.50. The van der Waals surface area contributed by atoms with Crippen molar-refractivity contribution in [1.82, 2.24) is 0 Å². The molecule has 1 heteroatoms. The van der Waals surface area contributed by atoms with Gasteiger partial charge in [-0.05, 0) is 20.8 Å². The van der Waals surface area contributed by atoms with Crippen molar-refractivity contribution >= 4 is 0 Å². The molecule has 1 aliphatic rings. The number of hydrogen-bond donors (Lipinski definition) is 0. The van der Waals surface area contributed by atoms with Crippen LogP contribution in [0.25, 0.3) is 0 Å². The summed E-state index contributed by atoms with van der Waals surface area (Å²) in [6, 6.07) is 0. The Labute approximate surface area is 113 Å². The maximum absolute atomic E-state index is 3.42. The number of allylic oxidation sites excluding steroid dienone is 8. The summed E-state index contributed by atoms with van der Waals surface area (Å²) >= 11 is 0. The number of rotatable bonds is 3. The summed E-state index contributed by atoms with van der Waals surface area (Å²) in [5.74, 6) is 0.578. The van der Waals surface area contributed by atoms with Crippen molar-refractivity contribution in [1.29, 1.82) is 0 Å². The third kappa shape index (κ3) is 4.62. The quantitative estimate of drug-likeness (QED) is 0.406. The van der Waals surface area contributed by atoms with Crippen LogP contribution in [0.15, 0.2) is 40.5 Å². The summed E-state index contributed by atoms with van der Waals surface area (Å²) in [6.45, 7) is 10.9. The minimum atomic E-state index is 0. The molecule has 0 aliphatic heterocycles. The van der Waals surface area contributed by atoms with E-state index in [9.17, 15) is 0 Å². The van der Waals surface area contributed by atoms with E-state index in [2.05, 4.69) is 58.9 Å². The maximum atomic E-state index is 3.42. The third-order valence-corrected chi connectivity index (χ3v) is 2.40. The normalized spacial score (nSPS) is 15.5. The van der Waals surface area contributed by atoms with E-state index in [0.29, 0.717) is 5.92 Å². The maximum Gasteiger partial charge on any atom is 1.00 e. The van der Waals surface area contributed by atoms with Gasteiger partial charge in [-0.3, -0.25) is 6.08 Å². The summed E-state index contributed by atoms with van der Waals surface area (Å²) in [6.07, 6.45) is 11.1. The fraction of sp³-hybridized carbons (Fsp3) is 0.467. The molecule has 0 spiro atoms. The van der Waals surface area contributed by atoms with Crippen LogP contribution in [0.2, 0.25) is 0 Å². The Morgan fingerprint density at radius 3 is 2.44 bits per heavy atom. The van der Waals surface area contributed by atoms with Gasteiger partial charge in [0.2, 0.25) is 0 Å². The molecule has 0 amide bonds. The van der Waals surface area contributed by atoms with E-state index in [-0.39, 0.29) is 19.5 Å². The second-order valence-corrected chi connectivity index (χ2v) is 4.72. The van der Waals surface area contributed by atoms with Gasteiger partial charge in [-0.2, -0.15) is 11.6 Å². The van der Waals surface area contributed by atoms with Crippen LogP contribution in [-0.4, -0.2) is 0 Å². The Kier molecular flexibility index (Phi) is 6.83. The van der Waals surface area contributed by atoms with Crippen molar-refractivity contribution in [2.45, 2.75) is 41.0 Å². The Balaban J connectivity index is 0.00000225. The molecular weight excluding hydrogens is 281 g/mol. The van der Waals surface area contributed by atoms with Gasteiger partial charge in [0.15, 0.2) is 0 Å². The van der Waals surface area contributed by atoms with Crippen molar-refractivity contribution in [3.8, 4) is 0 Å². The molecule has 1 radical (unpaired) electrons. The molecule has 0 saturated carbocycles. The molecule has 0 unspecified atom stereocenters. The van der Waals surface area contributed by atoms with E-state index in [1.54, 1.807) is 0 Å². The predicted molar refractivity (Wildman–Crippen MR) is 67.5 cm³/mol. The zero-order valence-corrected chi connectivity index (χ0v) is 12.6. The summed E-state index contributed by atoms with van der Waals surface area (Å²) in [5.41, 5.74) is 5.40. The molecule has 0 saturated heterocycles. The van der Waals surface area contributed by atoms with Crippen LogP contribution in [0.5, 0.6) is 0 Å². The molecule has 16 heavy (non-hydrogen) atoms. The van der Waals surface area contributed by atoms with Crippen molar-refractivity contribution in [2.24, 2.45) is 5.92 Å². The Morgan fingerprint density at radius 2 is 1.94 bits per heavy atom. The Hall–Kier alpha value is -0.417. The van der Waals surface area contributed by atoms with Crippen LogP contribution < -0.4 is 0 Å². The van der Waals surface area contributed by atoms with Crippen molar-refractivity contribution < 1.29 is 19.5 Å². The standard InChI is InChI=1S/C15H21.Ru/c1-11(2)9-13(5)10-14-7-6-8-15(14)12(3)4;/h7,9-10,12H,6H2,1-5H3;/q-1;+1. The molecule has 0 aromatic carbocycles. The SMILES string of the molecule is CC(C)=CC(C)=CC1=CC[C-]=C1C(C)C.[Ru+]. The first-order chi connectivity index (χ1) is 7.00. The fourth-order valence-electron chi connectivity index (χ4n) is 1.90. The summed E-state index contributed by atoms with van der Waals surface area (Å²) in [4.78, 5) is 0. The Morgan fingerprint density at radius 1 is 1.31 bits per heavy atom. The molecular formula is C15H21Ru. The topological polar surface area (TPSA) is 0 Å². The molecule has 1 rings (SSSR count). The van der Waals surface area contributed by atoms with E-state index >= 15 is 0 Å². The van der Waals surface area contributed by atoms with Gasteiger partial charge < -0.3 is 0 Å². The van der Waals surface area contributed by atoms with Gasteiger partial charge in [0.25, 0.3) is 0 Å².